The first-order valence-corrected chi connectivity index (χ1v) is 6.33. The van der Waals surface area contributed by atoms with Crippen molar-refractivity contribution in [1.82, 2.24) is 0 Å². The van der Waals surface area contributed by atoms with Crippen molar-refractivity contribution in [1.29, 1.82) is 0 Å². The molecule has 5 heteroatoms. The van der Waals surface area contributed by atoms with Gasteiger partial charge in [-0.1, -0.05) is 29.8 Å². The van der Waals surface area contributed by atoms with E-state index in [1.807, 2.05) is 6.07 Å². The molecule has 2 rings (SSSR count). The van der Waals surface area contributed by atoms with Gasteiger partial charge in [0.25, 0.3) is 5.91 Å². The van der Waals surface area contributed by atoms with Crippen molar-refractivity contribution in [2.75, 3.05) is 12.4 Å². The summed E-state index contributed by atoms with van der Waals surface area (Å²) in [6.07, 6.45) is 0. The summed E-state index contributed by atoms with van der Waals surface area (Å²) in [4.78, 5) is 12.1. The molecular formula is C15H13ClFNO2. The Morgan fingerprint density at radius 1 is 1.30 bits per heavy atom. The van der Waals surface area contributed by atoms with E-state index in [4.69, 9.17) is 16.3 Å². The molecule has 0 radical (unpaired) electrons. The topological polar surface area (TPSA) is 38.3 Å². The molecule has 1 amide bonds. The minimum Gasteiger partial charge on any atom is -0.380 e. The Morgan fingerprint density at radius 2 is 2.05 bits per heavy atom. The van der Waals surface area contributed by atoms with Crippen LogP contribution in [0.15, 0.2) is 42.5 Å². The predicted molar refractivity (Wildman–Crippen MR) is 76.5 cm³/mol. The lowest BCUT2D eigenvalue weighted by atomic mass is 10.1. The summed E-state index contributed by atoms with van der Waals surface area (Å²) >= 11 is 5.85. The molecule has 0 saturated carbocycles. The maximum Gasteiger partial charge on any atom is 0.260 e. The number of benzene rings is 2. The summed E-state index contributed by atoms with van der Waals surface area (Å²) in [6, 6.07) is 11.3. The van der Waals surface area contributed by atoms with E-state index in [0.717, 1.165) is 5.56 Å². The maximum atomic E-state index is 13.6. The van der Waals surface area contributed by atoms with Crippen LogP contribution in [0, 0.1) is 5.82 Å². The molecule has 0 aliphatic carbocycles. The van der Waals surface area contributed by atoms with E-state index in [-0.39, 0.29) is 10.6 Å². The van der Waals surface area contributed by atoms with Gasteiger partial charge in [-0.25, -0.2) is 4.39 Å². The average molecular weight is 294 g/mol. The summed E-state index contributed by atoms with van der Waals surface area (Å²) in [5.74, 6) is -1.23. The van der Waals surface area contributed by atoms with Gasteiger partial charge >= 0.3 is 0 Å². The zero-order valence-electron chi connectivity index (χ0n) is 10.8. The van der Waals surface area contributed by atoms with E-state index in [0.29, 0.717) is 12.3 Å². The molecule has 0 saturated heterocycles. The number of ether oxygens (including phenoxy) is 1. The number of amides is 1. The fraction of sp³-hybridized carbons (Fsp3) is 0.133. The van der Waals surface area contributed by atoms with Crippen molar-refractivity contribution in [2.45, 2.75) is 6.61 Å². The standard InChI is InChI=1S/C15H13ClFNO2/c1-20-9-10-4-2-5-11(8-10)18-15(19)14-12(16)6-3-7-13(14)17/h2-8H,9H2,1H3,(H,18,19). The van der Waals surface area contributed by atoms with Crippen molar-refractivity contribution in [2.24, 2.45) is 0 Å². The van der Waals surface area contributed by atoms with Gasteiger partial charge in [0.05, 0.1) is 17.2 Å². The maximum absolute atomic E-state index is 13.6. The van der Waals surface area contributed by atoms with Crippen molar-refractivity contribution in [3.8, 4) is 0 Å². The van der Waals surface area contributed by atoms with E-state index in [9.17, 15) is 9.18 Å². The summed E-state index contributed by atoms with van der Waals surface area (Å²) in [6.45, 7) is 0.435. The van der Waals surface area contributed by atoms with Gasteiger partial charge in [0.2, 0.25) is 0 Å². The Bertz CT molecular complexity index is 611. The van der Waals surface area contributed by atoms with Crippen molar-refractivity contribution in [3.63, 3.8) is 0 Å². The number of carbonyl (C=O) groups is 1. The lowest BCUT2D eigenvalue weighted by Gasteiger charge is -2.09. The van der Waals surface area contributed by atoms with Crippen LogP contribution in [0.3, 0.4) is 0 Å². The number of anilines is 1. The molecule has 0 bridgehead atoms. The van der Waals surface area contributed by atoms with Crippen LogP contribution < -0.4 is 5.32 Å². The molecule has 0 fully saturated rings. The van der Waals surface area contributed by atoms with Crippen LogP contribution in [-0.2, 0) is 11.3 Å². The molecule has 0 unspecified atom stereocenters. The molecule has 104 valence electrons. The van der Waals surface area contributed by atoms with Gasteiger partial charge in [-0.3, -0.25) is 4.79 Å². The number of carbonyl (C=O) groups excluding carboxylic acids is 1. The third kappa shape index (κ3) is 3.35. The SMILES string of the molecule is COCc1cccc(NC(=O)c2c(F)cccc2Cl)c1. The Morgan fingerprint density at radius 3 is 2.75 bits per heavy atom. The molecule has 2 aromatic rings. The molecule has 3 nitrogen and oxygen atoms in total. The van der Waals surface area contributed by atoms with Crippen LogP contribution in [-0.4, -0.2) is 13.0 Å². The molecule has 20 heavy (non-hydrogen) atoms. The lowest BCUT2D eigenvalue weighted by Crippen LogP contribution is -2.14. The first kappa shape index (κ1) is 14.5. The Kier molecular flexibility index (Phi) is 4.71. The highest BCUT2D eigenvalue weighted by atomic mass is 35.5. The smallest absolute Gasteiger partial charge is 0.260 e. The van der Waals surface area contributed by atoms with Gasteiger partial charge in [-0.15, -0.1) is 0 Å². The van der Waals surface area contributed by atoms with E-state index in [1.54, 1.807) is 25.3 Å². The predicted octanol–water partition coefficient (Wildman–Crippen LogP) is 3.88. The van der Waals surface area contributed by atoms with Crippen LogP contribution >= 0.6 is 11.6 Å². The highest BCUT2D eigenvalue weighted by molar-refractivity contribution is 6.34. The van der Waals surface area contributed by atoms with Gasteiger partial charge in [-0.05, 0) is 29.8 Å². The molecule has 0 atom stereocenters. The molecule has 2 aromatic carbocycles. The number of rotatable bonds is 4. The van der Waals surface area contributed by atoms with Crippen molar-refractivity contribution >= 4 is 23.2 Å². The van der Waals surface area contributed by atoms with E-state index < -0.39 is 11.7 Å². The number of hydrogen-bond acceptors (Lipinski definition) is 2. The Hall–Kier alpha value is -1.91. The van der Waals surface area contributed by atoms with Crippen molar-refractivity contribution in [3.05, 3.63) is 64.4 Å². The van der Waals surface area contributed by atoms with Crippen LogP contribution in [0.2, 0.25) is 5.02 Å². The second-order valence-corrected chi connectivity index (χ2v) is 4.59. The quantitative estimate of drug-likeness (QED) is 0.929. The monoisotopic (exact) mass is 293 g/mol. The summed E-state index contributed by atoms with van der Waals surface area (Å²) < 4.78 is 18.7. The van der Waals surface area contributed by atoms with Gasteiger partial charge in [0.1, 0.15) is 5.82 Å². The fourth-order valence-electron chi connectivity index (χ4n) is 1.81. The highest BCUT2D eigenvalue weighted by Crippen LogP contribution is 2.21. The molecular weight excluding hydrogens is 281 g/mol. The third-order valence-corrected chi connectivity index (χ3v) is 3.00. The zero-order valence-corrected chi connectivity index (χ0v) is 11.6. The molecule has 1 N–H and O–H groups in total. The number of halogens is 2. The highest BCUT2D eigenvalue weighted by Gasteiger charge is 2.15. The summed E-state index contributed by atoms with van der Waals surface area (Å²) in [5.41, 5.74) is 1.31. The lowest BCUT2D eigenvalue weighted by molar-refractivity contribution is 0.102. The molecule has 0 aliphatic heterocycles. The zero-order chi connectivity index (χ0) is 14.5. The second kappa shape index (κ2) is 6.50. The van der Waals surface area contributed by atoms with Crippen molar-refractivity contribution < 1.29 is 13.9 Å². The second-order valence-electron chi connectivity index (χ2n) is 4.18. The largest absolute Gasteiger partial charge is 0.380 e. The molecule has 0 aromatic heterocycles. The van der Waals surface area contributed by atoms with Crippen LogP contribution in [0.25, 0.3) is 0 Å². The van der Waals surface area contributed by atoms with Gasteiger partial charge in [0, 0.05) is 12.8 Å². The van der Waals surface area contributed by atoms with Crippen LogP contribution in [0.4, 0.5) is 10.1 Å². The van der Waals surface area contributed by atoms with Crippen LogP contribution in [0.5, 0.6) is 0 Å². The fourth-order valence-corrected chi connectivity index (χ4v) is 2.06. The first-order valence-electron chi connectivity index (χ1n) is 5.95. The first-order chi connectivity index (χ1) is 9.61. The minimum absolute atomic E-state index is 0.0792. The van der Waals surface area contributed by atoms with Gasteiger partial charge < -0.3 is 10.1 Å². The average Bonchev–Trinajstić information content (AvgIpc) is 2.39. The Labute approximate surface area is 121 Å². The molecule has 0 aliphatic rings. The number of nitrogens with one attached hydrogen (secondary N) is 1. The summed E-state index contributed by atoms with van der Waals surface area (Å²) in [7, 11) is 1.59. The van der Waals surface area contributed by atoms with E-state index in [2.05, 4.69) is 5.32 Å². The Balaban J connectivity index is 2.21. The van der Waals surface area contributed by atoms with Gasteiger partial charge in [-0.2, -0.15) is 0 Å². The normalized spacial score (nSPS) is 10.3. The number of hydrogen-bond donors (Lipinski definition) is 1. The van der Waals surface area contributed by atoms with Gasteiger partial charge in [0.15, 0.2) is 0 Å². The van der Waals surface area contributed by atoms with E-state index in [1.165, 1.54) is 18.2 Å². The molecule has 0 spiro atoms. The number of methoxy groups -OCH3 is 1. The minimum atomic E-state index is -0.650. The van der Waals surface area contributed by atoms with Crippen LogP contribution in [0.1, 0.15) is 15.9 Å². The van der Waals surface area contributed by atoms with E-state index >= 15 is 0 Å². The summed E-state index contributed by atoms with van der Waals surface area (Å²) in [5, 5.41) is 2.70. The third-order valence-electron chi connectivity index (χ3n) is 2.69. The molecule has 0 heterocycles.